The van der Waals surface area contributed by atoms with E-state index in [2.05, 4.69) is 0 Å². The summed E-state index contributed by atoms with van der Waals surface area (Å²) in [5.74, 6) is 0.516. The average Bonchev–Trinajstić information content (AvgIpc) is 3.19. The lowest BCUT2D eigenvalue weighted by Gasteiger charge is -2.30. The monoisotopic (exact) mass is 517 g/mol. The molecule has 0 spiro atoms. The van der Waals surface area contributed by atoms with E-state index in [1.165, 1.54) is 13.2 Å². The number of fused-ring (bicyclic) bond motifs is 1. The highest BCUT2D eigenvalue weighted by Crippen LogP contribution is 2.54. The predicted octanol–water partition coefficient (Wildman–Crippen LogP) is 5.89. The number of allylic oxidation sites excluding steroid dienone is 2. The van der Waals surface area contributed by atoms with Crippen LogP contribution in [0.5, 0.6) is 17.2 Å². The number of hydrogen-bond acceptors (Lipinski definition) is 5. The molecule has 1 atom stereocenters. The van der Waals surface area contributed by atoms with Crippen LogP contribution in [0.25, 0.3) is 16.9 Å². The van der Waals surface area contributed by atoms with Gasteiger partial charge >= 0.3 is 0 Å². The zero-order valence-corrected chi connectivity index (χ0v) is 22.5. The van der Waals surface area contributed by atoms with Crippen LogP contribution >= 0.6 is 0 Å². The largest absolute Gasteiger partial charge is 0.495 e. The number of para-hydroxylation sites is 1. The Morgan fingerprint density at radius 2 is 1.58 bits per heavy atom. The summed E-state index contributed by atoms with van der Waals surface area (Å²) in [7, 11) is 6.09. The van der Waals surface area contributed by atoms with Gasteiger partial charge in [0.1, 0.15) is 5.76 Å². The number of rotatable bonds is 9. The molecule has 0 heterocycles. The Hall–Kier alpha value is -4.26. The fourth-order valence-electron chi connectivity index (χ4n) is 5.37. The molecule has 2 N–H and O–H groups in total. The first-order valence-electron chi connectivity index (χ1n) is 12.1. The molecule has 0 bridgehead atoms. The second kappa shape index (κ2) is 10.6. The number of amides is 1. The summed E-state index contributed by atoms with van der Waals surface area (Å²) < 4.78 is 37.7. The van der Waals surface area contributed by atoms with Crippen molar-refractivity contribution in [3.63, 3.8) is 0 Å². The maximum atomic E-state index is 15.2. The summed E-state index contributed by atoms with van der Waals surface area (Å²) in [5.41, 5.74) is 9.79. The third-order valence-electron chi connectivity index (χ3n) is 7.16. The Morgan fingerprint density at radius 3 is 2.16 bits per heavy atom. The van der Waals surface area contributed by atoms with Gasteiger partial charge < -0.3 is 24.7 Å². The molecule has 1 amide bonds. The number of nitrogens with two attached hydrogens (primary N) is 1. The molecule has 0 aromatic heterocycles. The predicted molar refractivity (Wildman–Crippen MR) is 146 cm³/mol. The van der Waals surface area contributed by atoms with Gasteiger partial charge in [0.15, 0.2) is 23.1 Å². The van der Waals surface area contributed by atoms with E-state index in [4.69, 9.17) is 24.7 Å². The minimum Gasteiger partial charge on any atom is -0.495 e. The van der Waals surface area contributed by atoms with Crippen molar-refractivity contribution in [2.75, 3.05) is 28.4 Å². The van der Waals surface area contributed by atoms with Crippen molar-refractivity contribution in [2.24, 2.45) is 11.1 Å². The second-order valence-corrected chi connectivity index (χ2v) is 9.34. The molecule has 0 saturated carbocycles. The highest BCUT2D eigenvalue weighted by atomic mass is 19.1. The minimum atomic E-state index is -1.15. The van der Waals surface area contributed by atoms with Gasteiger partial charge in [0.25, 0.3) is 0 Å². The topological polar surface area (TPSA) is 80.0 Å². The molecule has 0 fully saturated rings. The Morgan fingerprint density at radius 1 is 0.895 bits per heavy atom. The molecule has 198 valence electrons. The average molecular weight is 518 g/mol. The first-order valence-corrected chi connectivity index (χ1v) is 12.1. The number of carbonyl (C=O) groups excluding carboxylic acids is 1. The van der Waals surface area contributed by atoms with E-state index in [0.29, 0.717) is 51.5 Å². The number of methoxy groups -OCH3 is 4. The number of hydrogen-bond donors (Lipinski definition) is 1. The quantitative estimate of drug-likeness (QED) is 0.358. The molecule has 3 aromatic carbocycles. The van der Waals surface area contributed by atoms with Crippen LogP contribution in [0.2, 0.25) is 0 Å². The zero-order valence-electron chi connectivity index (χ0n) is 22.5. The van der Waals surface area contributed by atoms with Gasteiger partial charge in [-0.15, -0.1) is 0 Å². The van der Waals surface area contributed by atoms with Crippen LogP contribution in [0.4, 0.5) is 4.39 Å². The van der Waals surface area contributed by atoms with Crippen LogP contribution in [0.3, 0.4) is 0 Å². The fraction of sp³-hybridized carbons (Fsp3) is 0.258. The first kappa shape index (κ1) is 26.8. The van der Waals surface area contributed by atoms with Crippen molar-refractivity contribution in [2.45, 2.75) is 20.3 Å². The Labute approximate surface area is 222 Å². The summed E-state index contributed by atoms with van der Waals surface area (Å²) in [4.78, 5) is 13.2. The van der Waals surface area contributed by atoms with Gasteiger partial charge in [-0.1, -0.05) is 36.4 Å². The van der Waals surface area contributed by atoms with Crippen molar-refractivity contribution < 1.29 is 28.1 Å². The van der Waals surface area contributed by atoms with Crippen molar-refractivity contribution in [1.29, 1.82) is 0 Å². The first-order chi connectivity index (χ1) is 18.2. The van der Waals surface area contributed by atoms with Crippen molar-refractivity contribution in [3.8, 4) is 17.2 Å². The van der Waals surface area contributed by atoms with Gasteiger partial charge in [-0.2, -0.15) is 0 Å². The number of halogens is 1. The van der Waals surface area contributed by atoms with E-state index in [-0.39, 0.29) is 5.75 Å². The maximum absolute atomic E-state index is 15.2. The van der Waals surface area contributed by atoms with Crippen LogP contribution in [0.1, 0.15) is 36.1 Å². The Balaban J connectivity index is 2.10. The van der Waals surface area contributed by atoms with Crippen molar-refractivity contribution in [3.05, 3.63) is 94.3 Å². The number of carbonyl (C=O) groups is 1. The molecule has 3 aromatic rings. The maximum Gasteiger partial charge on any atom is 0.228 e. The van der Waals surface area contributed by atoms with Crippen LogP contribution < -0.4 is 19.9 Å². The Kier molecular flexibility index (Phi) is 7.49. The molecule has 1 aliphatic carbocycles. The zero-order chi connectivity index (χ0) is 27.6. The van der Waals surface area contributed by atoms with Gasteiger partial charge in [-0.05, 0) is 72.4 Å². The lowest BCUT2D eigenvalue weighted by atomic mass is 9.73. The molecule has 0 radical (unpaired) electrons. The molecule has 0 saturated heterocycles. The number of primary amides is 1. The van der Waals surface area contributed by atoms with Gasteiger partial charge in [-0.25, -0.2) is 4.39 Å². The SMILES string of the molecule is COC(=C1C(C)=C(C(C)(Cc2ccccc2)C(N)=O)c2cc(F)c(OC)cc21)c1cccc(OC)c1OC. The molecule has 1 aliphatic rings. The van der Waals surface area contributed by atoms with E-state index in [1.54, 1.807) is 40.4 Å². The molecule has 6 nitrogen and oxygen atoms in total. The van der Waals surface area contributed by atoms with Crippen LogP contribution in [-0.4, -0.2) is 34.3 Å². The third kappa shape index (κ3) is 4.38. The van der Waals surface area contributed by atoms with E-state index in [9.17, 15) is 4.79 Å². The lowest BCUT2D eigenvalue weighted by molar-refractivity contribution is -0.124. The standard InChI is InChI=1S/C31H32FNO5/c1-18-26(29(38-6)20-13-10-14-24(35-3)28(20)37-5)21-16-25(36-4)23(32)15-22(21)27(18)31(2,30(33)34)17-19-11-8-7-9-12-19/h7-16H,17H2,1-6H3,(H2,33,34). The lowest BCUT2D eigenvalue weighted by Crippen LogP contribution is -2.37. The molecular weight excluding hydrogens is 485 g/mol. The summed E-state index contributed by atoms with van der Waals surface area (Å²) in [6.07, 6.45) is 0.334. The molecular formula is C31H32FNO5. The van der Waals surface area contributed by atoms with Crippen LogP contribution in [-0.2, 0) is 16.0 Å². The molecule has 38 heavy (non-hydrogen) atoms. The van der Waals surface area contributed by atoms with Crippen LogP contribution in [0.15, 0.2) is 66.2 Å². The fourth-order valence-corrected chi connectivity index (χ4v) is 5.37. The van der Waals surface area contributed by atoms with Crippen LogP contribution in [0, 0.1) is 11.2 Å². The van der Waals surface area contributed by atoms with Crippen molar-refractivity contribution >= 4 is 22.8 Å². The van der Waals surface area contributed by atoms with E-state index >= 15 is 4.39 Å². The summed E-state index contributed by atoms with van der Waals surface area (Å²) >= 11 is 0. The van der Waals surface area contributed by atoms with Crippen molar-refractivity contribution in [1.82, 2.24) is 0 Å². The van der Waals surface area contributed by atoms with Gasteiger partial charge in [-0.3, -0.25) is 4.79 Å². The van der Waals surface area contributed by atoms with Gasteiger partial charge in [0, 0.05) is 5.57 Å². The highest BCUT2D eigenvalue weighted by Gasteiger charge is 2.43. The smallest absolute Gasteiger partial charge is 0.228 e. The molecule has 0 aliphatic heterocycles. The molecule has 4 rings (SSSR count). The summed E-state index contributed by atoms with van der Waals surface area (Å²) in [6.45, 7) is 3.70. The third-order valence-corrected chi connectivity index (χ3v) is 7.16. The van der Waals surface area contributed by atoms with Gasteiger partial charge in [0.2, 0.25) is 5.91 Å². The van der Waals surface area contributed by atoms with E-state index in [0.717, 1.165) is 11.1 Å². The second-order valence-electron chi connectivity index (χ2n) is 9.34. The Bertz CT molecular complexity index is 1440. The van der Waals surface area contributed by atoms with Gasteiger partial charge in [0.05, 0.1) is 39.4 Å². The van der Waals surface area contributed by atoms with E-state index in [1.807, 2.05) is 49.4 Å². The minimum absolute atomic E-state index is 0.0761. The molecule has 7 heteroatoms. The summed E-state index contributed by atoms with van der Waals surface area (Å²) in [5, 5.41) is 0. The number of ether oxygens (including phenoxy) is 4. The molecule has 1 unspecified atom stereocenters. The number of benzene rings is 3. The normalized spacial score (nSPS) is 15.4. The highest BCUT2D eigenvalue weighted by molar-refractivity contribution is 6.13. The summed E-state index contributed by atoms with van der Waals surface area (Å²) in [6, 6.07) is 18.1. The van der Waals surface area contributed by atoms with E-state index < -0.39 is 17.1 Å².